The number of hydrogen-bond donors (Lipinski definition) is 3. The van der Waals surface area contributed by atoms with Gasteiger partial charge in [-0.2, -0.15) is 0 Å². The Morgan fingerprint density at radius 3 is 2.00 bits per heavy atom. The predicted octanol–water partition coefficient (Wildman–Crippen LogP) is 7.23. The van der Waals surface area contributed by atoms with E-state index in [1.165, 1.54) is 43.2 Å². The van der Waals surface area contributed by atoms with Crippen LogP contribution >= 0.6 is 0 Å². The molecule has 0 saturated carbocycles. The number of aryl methyl sites for hydroxylation is 2. The van der Waals surface area contributed by atoms with Gasteiger partial charge in [-0.15, -0.1) is 0 Å². The van der Waals surface area contributed by atoms with E-state index < -0.39 is 0 Å². The number of nitrogens with one attached hydrogen (secondary N) is 3. The molecule has 0 radical (unpaired) electrons. The minimum atomic E-state index is -0.147. The smallest absolute Gasteiger partial charge is 0.319 e. The van der Waals surface area contributed by atoms with Gasteiger partial charge >= 0.3 is 6.03 Å². The van der Waals surface area contributed by atoms with Crippen molar-refractivity contribution in [2.45, 2.75) is 106 Å². The summed E-state index contributed by atoms with van der Waals surface area (Å²) in [4.78, 5) is 25.0. The van der Waals surface area contributed by atoms with E-state index in [9.17, 15) is 9.59 Å². The quantitative estimate of drug-likeness (QED) is 0.223. The van der Waals surface area contributed by atoms with E-state index in [2.05, 4.69) is 50.6 Å². The zero-order valence-corrected chi connectivity index (χ0v) is 22.8. The van der Waals surface area contributed by atoms with Crippen LogP contribution in [0.2, 0.25) is 0 Å². The largest absolute Gasteiger partial charge is 0.356 e. The first kappa shape index (κ1) is 30.0. The van der Waals surface area contributed by atoms with Crippen LogP contribution in [0, 0.1) is 24.7 Å². The lowest BCUT2D eigenvalue weighted by molar-refractivity contribution is -0.124. The highest BCUT2D eigenvalue weighted by molar-refractivity contribution is 5.89. The summed E-state index contributed by atoms with van der Waals surface area (Å²) in [6.45, 7) is 14.4. The third kappa shape index (κ3) is 11.9. The van der Waals surface area contributed by atoms with E-state index in [1.54, 1.807) is 0 Å². The maximum Gasteiger partial charge on any atom is 0.319 e. The van der Waals surface area contributed by atoms with Gasteiger partial charge in [0.2, 0.25) is 5.91 Å². The number of unbranched alkanes of at least 4 members (excludes halogenated alkanes) is 2. The zero-order chi connectivity index (χ0) is 25.3. The van der Waals surface area contributed by atoms with Crippen LogP contribution in [0.1, 0.15) is 104 Å². The van der Waals surface area contributed by atoms with Crippen molar-refractivity contribution in [1.29, 1.82) is 0 Å². The fourth-order valence-electron chi connectivity index (χ4n) is 4.24. The first-order chi connectivity index (χ1) is 16.3. The SMILES string of the molecule is CCCCC(CC)CNC(=O)Nc1ccc(C)c(CCC(C)C(=O)NCC(CC)CCCC)c1. The van der Waals surface area contributed by atoms with Gasteiger partial charge in [0.15, 0.2) is 0 Å². The molecule has 5 nitrogen and oxygen atoms in total. The van der Waals surface area contributed by atoms with Crippen molar-refractivity contribution in [1.82, 2.24) is 10.6 Å². The molecule has 34 heavy (non-hydrogen) atoms. The molecule has 1 aromatic rings. The predicted molar refractivity (Wildman–Crippen MR) is 145 cm³/mol. The summed E-state index contributed by atoms with van der Waals surface area (Å²) in [7, 11) is 0. The van der Waals surface area contributed by atoms with Crippen LogP contribution in [0.4, 0.5) is 10.5 Å². The average Bonchev–Trinajstić information content (AvgIpc) is 2.84. The van der Waals surface area contributed by atoms with Crippen LogP contribution in [0.15, 0.2) is 18.2 Å². The van der Waals surface area contributed by atoms with Crippen molar-refractivity contribution in [3.05, 3.63) is 29.3 Å². The topological polar surface area (TPSA) is 70.2 Å². The number of anilines is 1. The first-order valence-corrected chi connectivity index (χ1v) is 13.8. The lowest BCUT2D eigenvalue weighted by atomic mass is 9.96. The summed E-state index contributed by atoms with van der Waals surface area (Å²) >= 11 is 0. The van der Waals surface area contributed by atoms with Crippen LogP contribution in [-0.2, 0) is 11.2 Å². The van der Waals surface area contributed by atoms with Crippen LogP contribution in [-0.4, -0.2) is 25.0 Å². The molecule has 0 heterocycles. The van der Waals surface area contributed by atoms with E-state index >= 15 is 0 Å². The molecule has 0 aliphatic carbocycles. The molecule has 1 aromatic carbocycles. The lowest BCUT2D eigenvalue weighted by Crippen LogP contribution is -2.33. The molecule has 0 aliphatic rings. The van der Waals surface area contributed by atoms with E-state index in [-0.39, 0.29) is 17.9 Å². The highest BCUT2D eigenvalue weighted by Crippen LogP contribution is 2.20. The Labute approximate surface area is 209 Å². The number of urea groups is 1. The van der Waals surface area contributed by atoms with Gasteiger partial charge < -0.3 is 16.0 Å². The molecule has 0 spiro atoms. The molecular weight excluding hydrogens is 422 g/mol. The summed E-state index contributed by atoms with van der Waals surface area (Å²) < 4.78 is 0. The second-order valence-corrected chi connectivity index (χ2v) is 9.99. The number of carbonyl (C=O) groups is 2. The Bertz CT molecular complexity index is 719. The minimum Gasteiger partial charge on any atom is -0.356 e. The minimum absolute atomic E-state index is 0.0305. The van der Waals surface area contributed by atoms with Crippen LogP contribution in [0.25, 0.3) is 0 Å². The molecule has 3 unspecified atom stereocenters. The third-order valence-electron chi connectivity index (χ3n) is 7.10. The highest BCUT2D eigenvalue weighted by atomic mass is 16.2. The Hall–Kier alpha value is -2.04. The Morgan fingerprint density at radius 1 is 0.853 bits per heavy atom. The maximum atomic E-state index is 12.6. The van der Waals surface area contributed by atoms with Crippen molar-refractivity contribution >= 4 is 17.6 Å². The molecule has 194 valence electrons. The molecule has 0 saturated heterocycles. The highest BCUT2D eigenvalue weighted by Gasteiger charge is 2.16. The number of amides is 3. The fraction of sp³-hybridized carbons (Fsp3) is 0.724. The van der Waals surface area contributed by atoms with Crippen molar-refractivity contribution < 1.29 is 9.59 Å². The van der Waals surface area contributed by atoms with Crippen molar-refractivity contribution in [3.8, 4) is 0 Å². The number of rotatable bonds is 17. The van der Waals surface area contributed by atoms with Gasteiger partial charge in [0, 0.05) is 24.7 Å². The van der Waals surface area contributed by atoms with E-state index in [1.807, 2.05) is 25.1 Å². The van der Waals surface area contributed by atoms with Crippen molar-refractivity contribution in [2.75, 3.05) is 18.4 Å². The summed E-state index contributed by atoms with van der Waals surface area (Å²) in [5.74, 6) is 1.23. The van der Waals surface area contributed by atoms with Gasteiger partial charge in [-0.1, -0.05) is 79.2 Å². The number of hydrogen-bond acceptors (Lipinski definition) is 2. The average molecular weight is 474 g/mol. The molecular formula is C29H51N3O2. The molecule has 0 aliphatic heterocycles. The van der Waals surface area contributed by atoms with Gasteiger partial charge in [0.05, 0.1) is 0 Å². The summed E-state index contributed by atoms with van der Waals surface area (Å²) in [5, 5.41) is 9.18. The molecule has 3 amide bonds. The van der Waals surface area contributed by atoms with E-state index in [0.717, 1.165) is 44.3 Å². The molecule has 0 fully saturated rings. The van der Waals surface area contributed by atoms with Crippen LogP contribution < -0.4 is 16.0 Å². The zero-order valence-electron chi connectivity index (χ0n) is 22.8. The van der Waals surface area contributed by atoms with Crippen LogP contribution in [0.3, 0.4) is 0 Å². The molecule has 5 heteroatoms. The molecule has 3 N–H and O–H groups in total. The molecule has 3 atom stereocenters. The Balaban J connectivity index is 2.53. The van der Waals surface area contributed by atoms with E-state index in [0.29, 0.717) is 18.4 Å². The normalized spacial score (nSPS) is 13.7. The summed E-state index contributed by atoms with van der Waals surface area (Å²) in [6, 6.07) is 5.90. The van der Waals surface area contributed by atoms with Gasteiger partial charge in [-0.25, -0.2) is 4.79 Å². The fourth-order valence-corrected chi connectivity index (χ4v) is 4.24. The van der Waals surface area contributed by atoms with Gasteiger partial charge in [-0.05, 0) is 67.7 Å². The first-order valence-electron chi connectivity index (χ1n) is 13.8. The second-order valence-electron chi connectivity index (χ2n) is 9.99. The van der Waals surface area contributed by atoms with Crippen molar-refractivity contribution in [2.24, 2.45) is 17.8 Å². The molecule has 1 rings (SSSR count). The van der Waals surface area contributed by atoms with Crippen LogP contribution in [0.5, 0.6) is 0 Å². The molecule has 0 bridgehead atoms. The molecule has 0 aromatic heterocycles. The maximum absolute atomic E-state index is 12.6. The third-order valence-corrected chi connectivity index (χ3v) is 7.10. The Morgan fingerprint density at radius 2 is 1.44 bits per heavy atom. The number of carbonyl (C=O) groups excluding carboxylic acids is 2. The van der Waals surface area contributed by atoms with Gasteiger partial charge in [-0.3, -0.25) is 4.79 Å². The monoisotopic (exact) mass is 473 g/mol. The lowest BCUT2D eigenvalue weighted by Gasteiger charge is -2.18. The Kier molecular flexibility index (Phi) is 15.4. The summed E-state index contributed by atoms with van der Waals surface area (Å²) in [5.41, 5.74) is 3.18. The van der Waals surface area contributed by atoms with Gasteiger partial charge in [0.25, 0.3) is 0 Å². The second kappa shape index (κ2) is 17.4. The van der Waals surface area contributed by atoms with E-state index in [4.69, 9.17) is 0 Å². The van der Waals surface area contributed by atoms with Crippen molar-refractivity contribution in [3.63, 3.8) is 0 Å². The number of benzene rings is 1. The standard InChI is InChI=1S/C29H51N3O2/c1-7-11-13-24(9-3)20-30-28(33)23(6)15-17-26-19-27(18-16-22(26)5)32-29(34)31-21-25(10-4)14-12-8-2/h16,18-19,23-25H,7-15,17,20-21H2,1-6H3,(H,30,33)(H2,31,32,34). The van der Waals surface area contributed by atoms with Gasteiger partial charge in [0.1, 0.15) is 0 Å². The summed E-state index contributed by atoms with van der Waals surface area (Å²) in [6.07, 6.45) is 11.0.